The van der Waals surface area contributed by atoms with Crippen molar-refractivity contribution >= 4 is 27.6 Å². The van der Waals surface area contributed by atoms with Crippen molar-refractivity contribution in [2.45, 2.75) is 56.9 Å². The summed E-state index contributed by atoms with van der Waals surface area (Å²) < 4.78 is 35.9. The molecule has 12 heteroatoms. The number of methoxy groups -OCH3 is 1. The Morgan fingerprint density at radius 3 is 2.57 bits per heavy atom. The average Bonchev–Trinajstić information content (AvgIpc) is 3.05. The molecule has 166 valence electrons. The number of hydrogen-bond acceptors (Lipinski definition) is 8. The highest BCUT2D eigenvalue weighted by Crippen LogP contribution is 2.41. The van der Waals surface area contributed by atoms with E-state index in [2.05, 4.69) is 24.9 Å². The van der Waals surface area contributed by atoms with Crippen LogP contribution in [0.2, 0.25) is 5.02 Å². The number of aliphatic hydroxyl groups is 1. The molecule has 1 aliphatic rings. The van der Waals surface area contributed by atoms with Gasteiger partial charge in [-0.2, -0.15) is 0 Å². The minimum Gasteiger partial charge on any atom is -0.396 e. The van der Waals surface area contributed by atoms with Gasteiger partial charge in [-0.3, -0.25) is 9.29 Å². The van der Waals surface area contributed by atoms with Crippen molar-refractivity contribution in [3.05, 3.63) is 29.1 Å². The molecule has 2 atom stereocenters. The van der Waals surface area contributed by atoms with Gasteiger partial charge in [-0.25, -0.2) is 18.4 Å². The first-order valence-corrected chi connectivity index (χ1v) is 11.8. The Balaban J connectivity index is 1.81. The van der Waals surface area contributed by atoms with Gasteiger partial charge in [-0.1, -0.05) is 18.5 Å². The van der Waals surface area contributed by atoms with E-state index in [4.69, 9.17) is 16.3 Å². The molecule has 2 aromatic heterocycles. The fourth-order valence-corrected chi connectivity index (χ4v) is 4.84. The second kappa shape index (κ2) is 9.54. The molecule has 0 aromatic carbocycles. The van der Waals surface area contributed by atoms with Crippen LogP contribution in [0.1, 0.15) is 56.8 Å². The quantitative estimate of drug-likeness (QED) is 0.553. The minimum atomic E-state index is -3.89. The number of ether oxygens (including phenoxy) is 1. The lowest BCUT2D eigenvalue weighted by Crippen LogP contribution is -2.34. The van der Waals surface area contributed by atoms with Crippen molar-refractivity contribution in [1.82, 2.24) is 24.7 Å². The molecule has 0 amide bonds. The molecule has 2 aromatic rings. The first-order valence-electron chi connectivity index (χ1n) is 9.86. The van der Waals surface area contributed by atoms with Crippen LogP contribution in [0.15, 0.2) is 12.4 Å². The van der Waals surface area contributed by atoms with Crippen molar-refractivity contribution in [3.8, 4) is 0 Å². The molecule has 0 spiro atoms. The first kappa shape index (κ1) is 22.9. The Kier molecular flexibility index (Phi) is 7.27. The van der Waals surface area contributed by atoms with Crippen molar-refractivity contribution in [2.75, 3.05) is 18.4 Å². The van der Waals surface area contributed by atoms with Gasteiger partial charge in [-0.05, 0) is 32.1 Å². The average molecular weight is 459 g/mol. The summed E-state index contributed by atoms with van der Waals surface area (Å²) in [5.74, 6) is 1.59. The summed E-state index contributed by atoms with van der Waals surface area (Å²) >= 11 is 5.82. The summed E-state index contributed by atoms with van der Waals surface area (Å²) in [7, 11) is -2.49. The third-order valence-corrected chi connectivity index (χ3v) is 7.27. The van der Waals surface area contributed by atoms with Gasteiger partial charge in [-0.15, -0.1) is 10.2 Å². The fourth-order valence-electron chi connectivity index (χ4n) is 3.59. The van der Waals surface area contributed by atoms with E-state index in [0.29, 0.717) is 11.6 Å². The summed E-state index contributed by atoms with van der Waals surface area (Å²) in [5, 5.41) is 16.9. The van der Waals surface area contributed by atoms with Gasteiger partial charge in [0.1, 0.15) is 17.2 Å². The topological polar surface area (TPSA) is 132 Å². The van der Waals surface area contributed by atoms with E-state index in [1.807, 2.05) is 11.5 Å². The highest BCUT2D eigenvalue weighted by Gasteiger charge is 2.36. The number of sulfonamides is 1. The van der Waals surface area contributed by atoms with Gasteiger partial charge in [0.05, 0.1) is 5.02 Å². The van der Waals surface area contributed by atoms with E-state index in [1.54, 1.807) is 0 Å². The van der Waals surface area contributed by atoms with Crippen molar-refractivity contribution in [3.63, 3.8) is 0 Å². The maximum Gasteiger partial charge on any atom is 0.240 e. The Hall–Kier alpha value is -1.82. The van der Waals surface area contributed by atoms with E-state index < -0.39 is 21.4 Å². The van der Waals surface area contributed by atoms with Crippen LogP contribution in [0.4, 0.5) is 5.95 Å². The Bertz CT molecular complexity index is 946. The molecule has 0 radical (unpaired) electrons. The number of aliphatic hydroxyl groups excluding tert-OH is 1. The molecule has 2 heterocycles. The van der Waals surface area contributed by atoms with Crippen LogP contribution in [0.5, 0.6) is 0 Å². The molecule has 0 aliphatic heterocycles. The molecule has 0 saturated heterocycles. The second-order valence-electron chi connectivity index (χ2n) is 7.52. The predicted molar refractivity (Wildman–Crippen MR) is 112 cm³/mol. The normalized spacial score (nSPS) is 21.1. The first-order chi connectivity index (χ1) is 14.3. The largest absolute Gasteiger partial charge is 0.396 e. The van der Waals surface area contributed by atoms with Crippen LogP contribution in [0.3, 0.4) is 0 Å². The van der Waals surface area contributed by atoms with E-state index in [1.165, 1.54) is 26.4 Å². The van der Waals surface area contributed by atoms with E-state index >= 15 is 0 Å². The molecule has 1 fully saturated rings. The highest BCUT2D eigenvalue weighted by molar-refractivity contribution is 7.93. The SMILES string of the molecule is CCCn1c(NS(=O)(=O)[C@@H](C)[C@H](OC)c2ncc(Cl)cn2)nnc1C1CC(CO)C1. The number of nitrogens with one attached hydrogen (secondary N) is 1. The number of hydrogen-bond donors (Lipinski definition) is 2. The molecule has 30 heavy (non-hydrogen) atoms. The molecular formula is C18H27ClN6O4S. The summed E-state index contributed by atoms with van der Waals surface area (Å²) in [6.07, 6.45) is 4.34. The van der Waals surface area contributed by atoms with Crippen LogP contribution >= 0.6 is 11.6 Å². The lowest BCUT2D eigenvalue weighted by Gasteiger charge is -2.33. The molecule has 0 bridgehead atoms. The molecule has 1 aliphatic carbocycles. The zero-order valence-electron chi connectivity index (χ0n) is 17.2. The zero-order chi connectivity index (χ0) is 21.9. The maximum atomic E-state index is 13.1. The van der Waals surface area contributed by atoms with Crippen LogP contribution in [-0.4, -0.2) is 57.2 Å². The lowest BCUT2D eigenvalue weighted by atomic mass is 9.75. The molecule has 1 saturated carbocycles. The van der Waals surface area contributed by atoms with Gasteiger partial charge in [0, 0.05) is 38.6 Å². The van der Waals surface area contributed by atoms with E-state index in [9.17, 15) is 13.5 Å². The molecule has 3 rings (SSSR count). The maximum absolute atomic E-state index is 13.1. The second-order valence-corrected chi connectivity index (χ2v) is 9.99. The third-order valence-electron chi connectivity index (χ3n) is 5.38. The number of rotatable bonds is 10. The summed E-state index contributed by atoms with van der Waals surface area (Å²) in [6, 6.07) is 0. The van der Waals surface area contributed by atoms with Gasteiger partial charge in [0.25, 0.3) is 0 Å². The van der Waals surface area contributed by atoms with Gasteiger partial charge < -0.3 is 9.84 Å². The summed E-state index contributed by atoms with van der Waals surface area (Å²) in [5.41, 5.74) is 0. The Labute approximate surface area is 181 Å². The highest BCUT2D eigenvalue weighted by atomic mass is 35.5. The third kappa shape index (κ3) is 4.74. The Morgan fingerprint density at radius 2 is 2.00 bits per heavy atom. The number of halogens is 1. The van der Waals surface area contributed by atoms with Crippen molar-refractivity contribution in [2.24, 2.45) is 5.92 Å². The monoisotopic (exact) mass is 458 g/mol. The van der Waals surface area contributed by atoms with Gasteiger partial charge in [0.15, 0.2) is 5.82 Å². The van der Waals surface area contributed by atoms with Gasteiger partial charge in [0.2, 0.25) is 16.0 Å². The molecule has 0 unspecified atom stereocenters. The van der Waals surface area contributed by atoms with Gasteiger partial charge >= 0.3 is 0 Å². The van der Waals surface area contributed by atoms with E-state index in [0.717, 1.165) is 25.1 Å². The number of aromatic nitrogens is 5. The Morgan fingerprint density at radius 1 is 1.33 bits per heavy atom. The lowest BCUT2D eigenvalue weighted by molar-refractivity contribution is 0.0950. The molecule has 10 nitrogen and oxygen atoms in total. The standard InChI is InChI=1S/C18H27ClN6O4S/c1-4-5-25-17(13-6-12(7-13)10-26)22-23-18(25)24-30(27,28)11(2)15(29-3)16-20-8-14(19)9-21-16/h8-9,11-13,15,26H,4-7,10H2,1-3H3,(H,23,24)/t11-,12?,13?,15-/m0/s1. The summed E-state index contributed by atoms with van der Waals surface area (Å²) in [4.78, 5) is 8.17. The summed E-state index contributed by atoms with van der Waals surface area (Å²) in [6.45, 7) is 4.26. The smallest absolute Gasteiger partial charge is 0.240 e. The van der Waals surface area contributed by atoms with Crippen LogP contribution in [0, 0.1) is 5.92 Å². The number of anilines is 1. The predicted octanol–water partition coefficient (Wildman–Crippen LogP) is 2.14. The molecule has 2 N–H and O–H groups in total. The van der Waals surface area contributed by atoms with Crippen molar-refractivity contribution < 1.29 is 18.3 Å². The molecular weight excluding hydrogens is 432 g/mol. The number of nitrogens with zero attached hydrogens (tertiary/aromatic N) is 5. The fraction of sp³-hybridized carbons (Fsp3) is 0.667. The van der Waals surface area contributed by atoms with Crippen LogP contribution < -0.4 is 4.72 Å². The minimum absolute atomic E-state index is 0.153. The van der Waals surface area contributed by atoms with Crippen LogP contribution in [-0.2, 0) is 21.3 Å². The van der Waals surface area contributed by atoms with Crippen LogP contribution in [0.25, 0.3) is 0 Å². The zero-order valence-corrected chi connectivity index (χ0v) is 18.8. The van der Waals surface area contributed by atoms with E-state index in [-0.39, 0.29) is 30.2 Å². The van der Waals surface area contributed by atoms with Crippen molar-refractivity contribution in [1.29, 1.82) is 0 Å².